The predicted octanol–water partition coefficient (Wildman–Crippen LogP) is 6.18. The number of rotatable bonds is 4. The van der Waals surface area contributed by atoms with E-state index in [2.05, 4.69) is 24.1 Å². The molecule has 1 aromatic heterocycles. The molecule has 28 heavy (non-hydrogen) atoms. The molecular formula is C24H22N2O2. The lowest BCUT2D eigenvalue weighted by Crippen LogP contribution is -2.11. The highest BCUT2D eigenvalue weighted by atomic mass is 16.3. The van der Waals surface area contributed by atoms with Gasteiger partial charge in [-0.1, -0.05) is 38.1 Å². The molecule has 0 bridgehead atoms. The van der Waals surface area contributed by atoms with Crippen molar-refractivity contribution >= 4 is 22.7 Å². The number of nitrogens with zero attached hydrogens (tertiary/aromatic N) is 1. The number of amides is 1. The van der Waals surface area contributed by atoms with Gasteiger partial charge in [-0.2, -0.15) is 0 Å². The molecule has 0 spiro atoms. The van der Waals surface area contributed by atoms with Crippen molar-refractivity contribution in [3.05, 3.63) is 83.4 Å². The minimum absolute atomic E-state index is 0.138. The number of carbonyl (C=O) groups is 1. The van der Waals surface area contributed by atoms with Gasteiger partial charge in [-0.25, -0.2) is 4.98 Å². The van der Waals surface area contributed by atoms with Gasteiger partial charge in [-0.05, 0) is 66.4 Å². The van der Waals surface area contributed by atoms with Crippen molar-refractivity contribution in [2.75, 3.05) is 5.32 Å². The number of oxazole rings is 1. The molecule has 0 unspecified atom stereocenters. The Hall–Kier alpha value is -3.40. The standard InChI is InChI=1S/C24H22N2O2/c1-15(2)17-8-10-18(11-9-17)23(27)25-20-6-4-5-19(14-20)24-26-21-13-16(3)7-12-22(21)28-24/h4-15H,1-3H3,(H,25,27). The Labute approximate surface area is 164 Å². The molecular weight excluding hydrogens is 348 g/mol. The third kappa shape index (κ3) is 3.67. The van der Waals surface area contributed by atoms with Crippen molar-refractivity contribution in [3.8, 4) is 11.5 Å². The van der Waals surface area contributed by atoms with Crippen molar-refractivity contribution in [2.24, 2.45) is 0 Å². The summed E-state index contributed by atoms with van der Waals surface area (Å²) in [6.07, 6.45) is 0. The Morgan fingerprint density at radius 3 is 2.54 bits per heavy atom. The van der Waals surface area contributed by atoms with E-state index < -0.39 is 0 Å². The second-order valence-electron chi connectivity index (χ2n) is 7.30. The monoisotopic (exact) mass is 370 g/mol. The number of benzene rings is 3. The van der Waals surface area contributed by atoms with E-state index in [0.717, 1.165) is 22.2 Å². The van der Waals surface area contributed by atoms with E-state index in [0.29, 0.717) is 23.1 Å². The summed E-state index contributed by atoms with van der Waals surface area (Å²) in [5.74, 6) is 0.840. The first kappa shape index (κ1) is 18.0. The van der Waals surface area contributed by atoms with E-state index in [1.54, 1.807) is 0 Å². The van der Waals surface area contributed by atoms with Crippen LogP contribution in [0.4, 0.5) is 5.69 Å². The maximum Gasteiger partial charge on any atom is 0.255 e. The molecule has 4 rings (SSSR count). The lowest BCUT2D eigenvalue weighted by molar-refractivity contribution is 0.102. The second kappa shape index (κ2) is 7.31. The molecule has 3 aromatic carbocycles. The molecule has 1 heterocycles. The smallest absolute Gasteiger partial charge is 0.255 e. The summed E-state index contributed by atoms with van der Waals surface area (Å²) < 4.78 is 5.87. The zero-order chi connectivity index (χ0) is 19.7. The van der Waals surface area contributed by atoms with Crippen LogP contribution in [0, 0.1) is 6.92 Å². The summed E-state index contributed by atoms with van der Waals surface area (Å²) in [5, 5.41) is 2.95. The third-order valence-corrected chi connectivity index (χ3v) is 4.75. The highest BCUT2D eigenvalue weighted by molar-refractivity contribution is 6.04. The number of hydrogen-bond donors (Lipinski definition) is 1. The quantitative estimate of drug-likeness (QED) is 0.467. The van der Waals surface area contributed by atoms with Gasteiger partial charge in [0.1, 0.15) is 5.52 Å². The molecule has 4 nitrogen and oxygen atoms in total. The molecule has 4 heteroatoms. The van der Waals surface area contributed by atoms with Gasteiger partial charge in [0.05, 0.1) is 0 Å². The zero-order valence-electron chi connectivity index (χ0n) is 16.2. The Kier molecular flexibility index (Phi) is 4.70. The Balaban J connectivity index is 1.56. The van der Waals surface area contributed by atoms with Crippen LogP contribution in [-0.4, -0.2) is 10.9 Å². The van der Waals surface area contributed by atoms with Gasteiger partial charge in [0.25, 0.3) is 5.91 Å². The molecule has 0 aliphatic rings. The van der Waals surface area contributed by atoms with Crippen LogP contribution in [0.15, 0.2) is 71.1 Å². The number of aromatic nitrogens is 1. The summed E-state index contributed by atoms with van der Waals surface area (Å²) in [7, 11) is 0. The van der Waals surface area contributed by atoms with Gasteiger partial charge >= 0.3 is 0 Å². The van der Waals surface area contributed by atoms with E-state index in [-0.39, 0.29) is 5.91 Å². The van der Waals surface area contributed by atoms with Crippen LogP contribution in [0.3, 0.4) is 0 Å². The number of carbonyl (C=O) groups excluding carboxylic acids is 1. The van der Waals surface area contributed by atoms with Gasteiger partial charge in [0.2, 0.25) is 5.89 Å². The molecule has 0 atom stereocenters. The van der Waals surface area contributed by atoms with Crippen LogP contribution in [0.2, 0.25) is 0 Å². The van der Waals surface area contributed by atoms with Crippen molar-refractivity contribution in [1.82, 2.24) is 4.98 Å². The fraction of sp³-hybridized carbons (Fsp3) is 0.167. The van der Waals surface area contributed by atoms with Gasteiger partial charge in [0.15, 0.2) is 5.58 Å². The summed E-state index contributed by atoms with van der Waals surface area (Å²) in [4.78, 5) is 17.1. The van der Waals surface area contributed by atoms with E-state index in [1.165, 1.54) is 5.56 Å². The number of hydrogen-bond acceptors (Lipinski definition) is 3. The number of fused-ring (bicyclic) bond motifs is 1. The lowest BCUT2D eigenvalue weighted by Gasteiger charge is -2.08. The molecule has 0 fully saturated rings. The van der Waals surface area contributed by atoms with Crippen molar-refractivity contribution in [2.45, 2.75) is 26.7 Å². The maximum atomic E-state index is 12.6. The zero-order valence-corrected chi connectivity index (χ0v) is 16.2. The van der Waals surface area contributed by atoms with Gasteiger partial charge in [-0.3, -0.25) is 4.79 Å². The average Bonchev–Trinajstić information content (AvgIpc) is 3.11. The minimum Gasteiger partial charge on any atom is -0.436 e. The molecule has 0 saturated carbocycles. The van der Waals surface area contributed by atoms with E-state index in [4.69, 9.17) is 4.42 Å². The van der Waals surface area contributed by atoms with Gasteiger partial charge in [0, 0.05) is 16.8 Å². The first-order chi connectivity index (χ1) is 13.5. The summed E-state index contributed by atoms with van der Waals surface area (Å²) >= 11 is 0. The molecule has 0 radical (unpaired) electrons. The second-order valence-corrected chi connectivity index (χ2v) is 7.30. The van der Waals surface area contributed by atoms with Crippen LogP contribution in [0.25, 0.3) is 22.6 Å². The highest BCUT2D eigenvalue weighted by Gasteiger charge is 2.11. The Morgan fingerprint density at radius 1 is 1.00 bits per heavy atom. The highest BCUT2D eigenvalue weighted by Crippen LogP contribution is 2.27. The van der Waals surface area contributed by atoms with Crippen LogP contribution in [-0.2, 0) is 0 Å². The first-order valence-corrected chi connectivity index (χ1v) is 9.38. The third-order valence-electron chi connectivity index (χ3n) is 4.75. The first-order valence-electron chi connectivity index (χ1n) is 9.38. The Morgan fingerprint density at radius 2 is 1.79 bits per heavy atom. The van der Waals surface area contributed by atoms with E-state index >= 15 is 0 Å². The molecule has 140 valence electrons. The average molecular weight is 370 g/mol. The topological polar surface area (TPSA) is 55.1 Å². The summed E-state index contributed by atoms with van der Waals surface area (Å²) in [6, 6.07) is 21.2. The van der Waals surface area contributed by atoms with E-state index in [9.17, 15) is 4.79 Å². The molecule has 1 N–H and O–H groups in total. The maximum absolute atomic E-state index is 12.6. The Bertz CT molecular complexity index is 1140. The van der Waals surface area contributed by atoms with Crippen LogP contribution >= 0.6 is 0 Å². The SMILES string of the molecule is Cc1ccc2oc(-c3cccc(NC(=O)c4ccc(C(C)C)cc4)c3)nc2c1. The number of nitrogens with one attached hydrogen (secondary N) is 1. The molecule has 0 aliphatic carbocycles. The fourth-order valence-corrected chi connectivity index (χ4v) is 3.11. The van der Waals surface area contributed by atoms with Gasteiger partial charge in [-0.15, -0.1) is 0 Å². The molecule has 1 amide bonds. The normalized spacial score (nSPS) is 11.1. The van der Waals surface area contributed by atoms with Crippen molar-refractivity contribution in [3.63, 3.8) is 0 Å². The molecule has 0 saturated heterocycles. The fourth-order valence-electron chi connectivity index (χ4n) is 3.11. The minimum atomic E-state index is -0.138. The summed E-state index contributed by atoms with van der Waals surface area (Å²) in [6.45, 7) is 6.29. The van der Waals surface area contributed by atoms with Gasteiger partial charge < -0.3 is 9.73 Å². The van der Waals surface area contributed by atoms with Crippen LogP contribution in [0.5, 0.6) is 0 Å². The van der Waals surface area contributed by atoms with Crippen molar-refractivity contribution in [1.29, 1.82) is 0 Å². The number of anilines is 1. The lowest BCUT2D eigenvalue weighted by atomic mass is 10.0. The largest absolute Gasteiger partial charge is 0.436 e. The molecule has 0 aliphatic heterocycles. The van der Waals surface area contributed by atoms with Crippen molar-refractivity contribution < 1.29 is 9.21 Å². The summed E-state index contributed by atoms with van der Waals surface area (Å²) in [5.41, 5.74) is 6.08. The predicted molar refractivity (Wildman–Crippen MR) is 113 cm³/mol. The molecule has 4 aromatic rings. The number of aryl methyl sites for hydroxylation is 1. The van der Waals surface area contributed by atoms with Crippen LogP contribution in [0.1, 0.15) is 41.3 Å². The van der Waals surface area contributed by atoms with E-state index in [1.807, 2.05) is 73.7 Å². The van der Waals surface area contributed by atoms with Crippen LogP contribution < -0.4 is 5.32 Å².